The zero-order chi connectivity index (χ0) is 16.7. The number of nitrogens with zero attached hydrogens (tertiary/aromatic N) is 3. The predicted molar refractivity (Wildman–Crippen MR) is 94.7 cm³/mol. The van der Waals surface area contributed by atoms with E-state index in [-0.39, 0.29) is 11.9 Å². The molecule has 1 aliphatic rings. The zero-order valence-corrected chi connectivity index (χ0v) is 15.4. The van der Waals surface area contributed by atoms with Crippen molar-refractivity contribution in [3.63, 3.8) is 0 Å². The van der Waals surface area contributed by atoms with Crippen molar-refractivity contribution in [2.24, 2.45) is 0 Å². The van der Waals surface area contributed by atoms with Gasteiger partial charge in [0.05, 0.1) is 12.9 Å². The molecule has 6 nitrogen and oxygen atoms in total. The third-order valence-corrected chi connectivity index (χ3v) is 4.98. The summed E-state index contributed by atoms with van der Waals surface area (Å²) in [5.41, 5.74) is 0. The van der Waals surface area contributed by atoms with Crippen molar-refractivity contribution in [1.29, 1.82) is 0 Å². The average molecular weight is 402 g/mol. The zero-order valence-electron chi connectivity index (χ0n) is 13.0. The molecule has 1 aromatic rings. The lowest BCUT2D eigenvalue weighted by Gasteiger charge is -2.35. The number of methoxy groups -OCH3 is 1. The van der Waals surface area contributed by atoms with Crippen molar-refractivity contribution in [1.82, 2.24) is 9.88 Å². The van der Waals surface area contributed by atoms with E-state index in [1.165, 1.54) is 18.9 Å². The van der Waals surface area contributed by atoms with E-state index in [1.54, 1.807) is 6.20 Å². The average Bonchev–Trinajstić information content (AvgIpc) is 2.59. The van der Waals surface area contributed by atoms with Gasteiger partial charge in [0.2, 0.25) is 5.91 Å². The number of ether oxygens (including phenoxy) is 1. The van der Waals surface area contributed by atoms with Crippen LogP contribution >= 0.6 is 27.7 Å². The minimum absolute atomic E-state index is 0.144. The third kappa shape index (κ3) is 5.69. The Morgan fingerprint density at radius 1 is 1.30 bits per heavy atom. The molecule has 1 aromatic heterocycles. The number of aromatic nitrogens is 1. The molecule has 0 saturated carbocycles. The molecule has 0 bridgehead atoms. The van der Waals surface area contributed by atoms with Gasteiger partial charge >= 0.3 is 5.97 Å². The first-order chi connectivity index (χ1) is 11.1. The number of esters is 1. The smallest absolute Gasteiger partial charge is 0.315 e. The van der Waals surface area contributed by atoms with Gasteiger partial charge in [-0.1, -0.05) is 0 Å². The van der Waals surface area contributed by atoms with Crippen LogP contribution in [0.2, 0.25) is 0 Å². The van der Waals surface area contributed by atoms with Crippen LogP contribution in [0.25, 0.3) is 0 Å². The molecular formula is C15H20BrN3O3S. The molecule has 1 saturated heterocycles. The topological polar surface area (TPSA) is 62.7 Å². The van der Waals surface area contributed by atoms with Crippen molar-refractivity contribution in [3.05, 3.63) is 22.8 Å². The van der Waals surface area contributed by atoms with Crippen LogP contribution in [-0.4, -0.2) is 66.6 Å². The van der Waals surface area contributed by atoms with Crippen molar-refractivity contribution < 1.29 is 14.3 Å². The van der Waals surface area contributed by atoms with Gasteiger partial charge in [0.1, 0.15) is 5.82 Å². The van der Waals surface area contributed by atoms with Gasteiger partial charge < -0.3 is 14.5 Å². The fourth-order valence-corrected chi connectivity index (χ4v) is 3.25. The second-order valence-electron chi connectivity index (χ2n) is 5.08. The summed E-state index contributed by atoms with van der Waals surface area (Å²) in [6, 6.07) is 3.95. The Hall–Kier alpha value is -1.28. The molecule has 1 aliphatic heterocycles. The minimum atomic E-state index is -0.252. The molecular weight excluding hydrogens is 382 g/mol. The molecule has 0 atom stereocenters. The lowest BCUT2D eigenvalue weighted by atomic mass is 10.3. The van der Waals surface area contributed by atoms with E-state index < -0.39 is 0 Å². The summed E-state index contributed by atoms with van der Waals surface area (Å²) in [4.78, 5) is 31.6. The molecule has 1 amide bonds. The van der Waals surface area contributed by atoms with Crippen LogP contribution in [0.5, 0.6) is 0 Å². The van der Waals surface area contributed by atoms with E-state index in [2.05, 4.69) is 30.6 Å². The standard InChI is InChI=1S/C15H20BrN3O3S/c1-22-15(21)11-23-9-4-14(20)19-7-5-18(6-8-19)13-3-2-12(16)10-17-13/h2-3,10H,4-9,11H2,1H3. The molecule has 2 heterocycles. The maximum absolute atomic E-state index is 12.2. The van der Waals surface area contributed by atoms with Crippen LogP contribution < -0.4 is 4.90 Å². The molecule has 126 valence electrons. The molecule has 0 aliphatic carbocycles. The fourth-order valence-electron chi connectivity index (χ4n) is 2.27. The van der Waals surface area contributed by atoms with Gasteiger partial charge in [0.25, 0.3) is 0 Å². The van der Waals surface area contributed by atoms with Gasteiger partial charge in [0.15, 0.2) is 0 Å². The normalized spacial score (nSPS) is 14.7. The van der Waals surface area contributed by atoms with Crippen LogP contribution in [0.3, 0.4) is 0 Å². The lowest BCUT2D eigenvalue weighted by Crippen LogP contribution is -2.49. The summed E-state index contributed by atoms with van der Waals surface area (Å²) < 4.78 is 5.52. The van der Waals surface area contributed by atoms with Gasteiger partial charge in [-0.25, -0.2) is 4.98 Å². The van der Waals surface area contributed by atoms with E-state index >= 15 is 0 Å². The third-order valence-electron chi connectivity index (χ3n) is 3.58. The van der Waals surface area contributed by atoms with Crippen molar-refractivity contribution in [2.75, 3.05) is 49.7 Å². The number of hydrogen-bond donors (Lipinski definition) is 0. The van der Waals surface area contributed by atoms with Crippen LogP contribution in [0, 0.1) is 0 Å². The Morgan fingerprint density at radius 3 is 2.65 bits per heavy atom. The summed E-state index contributed by atoms with van der Waals surface area (Å²) in [6.07, 6.45) is 2.24. The van der Waals surface area contributed by atoms with Crippen LogP contribution in [0.4, 0.5) is 5.82 Å². The summed E-state index contributed by atoms with van der Waals surface area (Å²) in [7, 11) is 1.37. The fraction of sp³-hybridized carbons (Fsp3) is 0.533. The van der Waals surface area contributed by atoms with E-state index in [1.807, 2.05) is 17.0 Å². The summed E-state index contributed by atoms with van der Waals surface area (Å²) in [6.45, 7) is 2.99. The van der Waals surface area contributed by atoms with Crippen LogP contribution in [0.1, 0.15) is 6.42 Å². The molecule has 8 heteroatoms. The molecule has 0 unspecified atom stereocenters. The number of pyridine rings is 1. The first-order valence-corrected chi connectivity index (χ1v) is 9.34. The van der Waals surface area contributed by atoms with Crippen molar-refractivity contribution in [2.45, 2.75) is 6.42 Å². The maximum atomic E-state index is 12.2. The van der Waals surface area contributed by atoms with Gasteiger partial charge in [-0.2, -0.15) is 0 Å². The first-order valence-electron chi connectivity index (χ1n) is 7.39. The number of anilines is 1. The maximum Gasteiger partial charge on any atom is 0.315 e. The predicted octanol–water partition coefficient (Wildman–Crippen LogP) is 1.79. The van der Waals surface area contributed by atoms with Gasteiger partial charge in [0, 0.05) is 49.0 Å². The number of halogens is 1. The van der Waals surface area contributed by atoms with Crippen molar-refractivity contribution >= 4 is 45.4 Å². The van der Waals surface area contributed by atoms with Gasteiger partial charge in [-0.3, -0.25) is 9.59 Å². The second-order valence-corrected chi connectivity index (χ2v) is 7.10. The second kappa shape index (κ2) is 9.12. The molecule has 2 rings (SSSR count). The summed E-state index contributed by atoms with van der Waals surface area (Å²) in [5.74, 6) is 1.77. The number of carbonyl (C=O) groups excluding carboxylic acids is 2. The van der Waals surface area contributed by atoms with E-state index in [0.717, 1.165) is 23.4 Å². The Kier molecular flexibility index (Phi) is 7.16. The number of thioether (sulfide) groups is 1. The first kappa shape index (κ1) is 18.1. The van der Waals surface area contributed by atoms with Gasteiger partial charge in [-0.05, 0) is 28.1 Å². The largest absolute Gasteiger partial charge is 0.468 e. The number of carbonyl (C=O) groups is 2. The highest BCUT2D eigenvalue weighted by Gasteiger charge is 2.21. The van der Waals surface area contributed by atoms with E-state index in [9.17, 15) is 9.59 Å². The Morgan fingerprint density at radius 2 is 2.04 bits per heavy atom. The molecule has 0 radical (unpaired) electrons. The van der Waals surface area contributed by atoms with Gasteiger partial charge in [-0.15, -0.1) is 11.8 Å². The summed E-state index contributed by atoms with van der Waals surface area (Å²) >= 11 is 4.81. The minimum Gasteiger partial charge on any atom is -0.468 e. The monoisotopic (exact) mass is 401 g/mol. The number of amides is 1. The quantitative estimate of drug-likeness (QED) is 0.534. The van der Waals surface area contributed by atoms with E-state index in [0.29, 0.717) is 31.0 Å². The lowest BCUT2D eigenvalue weighted by molar-refractivity contribution is -0.137. The molecule has 1 fully saturated rings. The molecule has 0 N–H and O–H groups in total. The summed E-state index contributed by atoms with van der Waals surface area (Å²) in [5, 5.41) is 0. The molecule has 0 spiro atoms. The highest BCUT2D eigenvalue weighted by molar-refractivity contribution is 9.10. The number of rotatable bonds is 6. The number of piperazine rings is 1. The van der Waals surface area contributed by atoms with Crippen LogP contribution in [-0.2, 0) is 14.3 Å². The highest BCUT2D eigenvalue weighted by Crippen LogP contribution is 2.17. The number of hydrogen-bond acceptors (Lipinski definition) is 6. The van der Waals surface area contributed by atoms with E-state index in [4.69, 9.17) is 0 Å². The molecule has 0 aromatic carbocycles. The van der Waals surface area contributed by atoms with Crippen molar-refractivity contribution in [3.8, 4) is 0 Å². The SMILES string of the molecule is COC(=O)CSCCC(=O)N1CCN(c2ccc(Br)cn2)CC1. The molecule has 23 heavy (non-hydrogen) atoms. The van der Waals surface area contributed by atoms with Crippen LogP contribution in [0.15, 0.2) is 22.8 Å². The Balaban J connectivity index is 1.70. The Bertz CT molecular complexity index is 533. The highest BCUT2D eigenvalue weighted by atomic mass is 79.9. The Labute approximate surface area is 148 Å².